The fourth-order valence-corrected chi connectivity index (χ4v) is 4.77. The van der Waals surface area contributed by atoms with E-state index in [1.807, 2.05) is 0 Å². The molecule has 128 valence electrons. The van der Waals surface area contributed by atoms with Crippen LogP contribution in [0, 0.1) is 0 Å². The van der Waals surface area contributed by atoms with Crippen LogP contribution in [0.3, 0.4) is 0 Å². The zero-order chi connectivity index (χ0) is 17.8. The third-order valence-corrected chi connectivity index (χ3v) is 5.91. The standard InChI is InChI=1S/C15H17N3O5S.K/c1-15(2)10(14(22)23)18-12(21)8(13(18)24-15)16-11(20)9(19)7-5-4-6-17(7)3;/h4-6,8,10,13H,1-3H3,(H,16,20)(H,22,23);/q;+1/p-1/t8-,10+,13-;/m1./s1. The summed E-state index contributed by atoms with van der Waals surface area (Å²) >= 11 is 1.27. The van der Waals surface area contributed by atoms with Crippen molar-refractivity contribution in [2.45, 2.75) is 36.1 Å². The van der Waals surface area contributed by atoms with Gasteiger partial charge in [0.1, 0.15) is 11.4 Å². The molecule has 0 aliphatic carbocycles. The molecule has 0 aromatic carbocycles. The number of carboxylic acids is 1. The summed E-state index contributed by atoms with van der Waals surface area (Å²) in [6, 6.07) is 1.18. The van der Waals surface area contributed by atoms with E-state index >= 15 is 0 Å². The first-order valence-corrected chi connectivity index (χ1v) is 8.20. The zero-order valence-electron chi connectivity index (χ0n) is 14.3. The number of ketones is 1. The molecule has 25 heavy (non-hydrogen) atoms. The van der Waals surface area contributed by atoms with Crippen molar-refractivity contribution in [3.63, 3.8) is 0 Å². The molecule has 10 heteroatoms. The maximum Gasteiger partial charge on any atom is 1.00 e. The Hall–Kier alpha value is -0.654. The van der Waals surface area contributed by atoms with E-state index in [-0.39, 0.29) is 57.1 Å². The molecule has 3 atom stereocenters. The first-order chi connectivity index (χ1) is 11.1. The first-order valence-electron chi connectivity index (χ1n) is 7.32. The van der Waals surface area contributed by atoms with Crippen LogP contribution in [0.2, 0.25) is 0 Å². The van der Waals surface area contributed by atoms with Gasteiger partial charge in [-0.2, -0.15) is 0 Å². The van der Waals surface area contributed by atoms with Crippen LogP contribution in [0.15, 0.2) is 18.3 Å². The van der Waals surface area contributed by atoms with Gasteiger partial charge in [-0.15, -0.1) is 11.8 Å². The molecule has 1 aromatic rings. The number of amides is 2. The van der Waals surface area contributed by atoms with Crippen molar-refractivity contribution >= 4 is 35.3 Å². The summed E-state index contributed by atoms with van der Waals surface area (Å²) in [5.41, 5.74) is 0.211. The number of β-lactam (4-membered cyclic amide) rings is 1. The molecule has 0 bridgehead atoms. The average molecular weight is 389 g/mol. The zero-order valence-corrected chi connectivity index (χ0v) is 18.2. The molecule has 3 rings (SSSR count). The Morgan fingerprint density at radius 1 is 1.32 bits per heavy atom. The molecule has 2 aliphatic rings. The summed E-state index contributed by atoms with van der Waals surface area (Å²) in [4.78, 5) is 49.0. The van der Waals surface area contributed by atoms with Gasteiger partial charge in [-0.3, -0.25) is 14.4 Å². The number of Topliss-reactive ketones (excluding diaryl/α,β-unsaturated/α-hetero) is 1. The summed E-state index contributed by atoms with van der Waals surface area (Å²) in [5, 5.41) is 13.2. The van der Waals surface area contributed by atoms with E-state index in [1.54, 1.807) is 33.2 Å². The van der Waals surface area contributed by atoms with Gasteiger partial charge in [0.15, 0.2) is 0 Å². The average Bonchev–Trinajstić information content (AvgIpc) is 3.02. The van der Waals surface area contributed by atoms with Crippen molar-refractivity contribution < 1.29 is 75.7 Å². The molecule has 2 amide bonds. The van der Waals surface area contributed by atoms with E-state index in [0.29, 0.717) is 0 Å². The van der Waals surface area contributed by atoms with Gasteiger partial charge in [0.2, 0.25) is 5.91 Å². The number of nitrogens with one attached hydrogen (secondary N) is 1. The first kappa shape index (κ1) is 20.7. The largest absolute Gasteiger partial charge is 1.00 e. The summed E-state index contributed by atoms with van der Waals surface area (Å²) in [6.07, 6.45) is 1.64. The number of carboxylic acid groups (broad SMARTS) is 1. The molecule has 8 nitrogen and oxygen atoms in total. The van der Waals surface area contributed by atoms with E-state index in [2.05, 4.69) is 5.32 Å². The second-order valence-corrected chi connectivity index (χ2v) is 8.13. The minimum absolute atomic E-state index is 0. The molecule has 0 spiro atoms. The van der Waals surface area contributed by atoms with Crippen LogP contribution in [-0.4, -0.2) is 55.2 Å². The maximum absolute atomic E-state index is 12.2. The minimum atomic E-state index is -1.33. The summed E-state index contributed by atoms with van der Waals surface area (Å²) < 4.78 is 0.775. The Kier molecular flexibility index (Phi) is 5.92. The number of hydrogen-bond acceptors (Lipinski definition) is 6. The van der Waals surface area contributed by atoms with Gasteiger partial charge in [0.25, 0.3) is 11.7 Å². The van der Waals surface area contributed by atoms with E-state index < -0.39 is 45.8 Å². The van der Waals surface area contributed by atoms with Crippen molar-refractivity contribution in [2.24, 2.45) is 7.05 Å². The van der Waals surface area contributed by atoms with Crippen LogP contribution in [0.4, 0.5) is 0 Å². The fraction of sp³-hybridized carbons (Fsp3) is 0.467. The Labute approximate surface area is 191 Å². The normalized spacial score (nSPS) is 26.3. The Balaban J connectivity index is 0.00000225. The van der Waals surface area contributed by atoms with Gasteiger partial charge in [0, 0.05) is 18.0 Å². The van der Waals surface area contributed by atoms with Crippen LogP contribution < -0.4 is 61.8 Å². The summed E-state index contributed by atoms with van der Waals surface area (Å²) in [7, 11) is 1.64. The van der Waals surface area contributed by atoms with Crippen LogP contribution in [0.5, 0.6) is 0 Å². The van der Waals surface area contributed by atoms with Crippen LogP contribution >= 0.6 is 11.8 Å². The molecular weight excluding hydrogens is 373 g/mol. The Morgan fingerprint density at radius 3 is 2.48 bits per heavy atom. The quantitative estimate of drug-likeness (QED) is 0.241. The fourth-order valence-electron chi connectivity index (χ4n) is 3.15. The Bertz CT molecular complexity index is 762. The summed E-state index contributed by atoms with van der Waals surface area (Å²) in [5.74, 6) is -3.47. The number of thioether (sulfide) groups is 1. The molecule has 2 saturated heterocycles. The van der Waals surface area contributed by atoms with Crippen LogP contribution in [0.1, 0.15) is 24.3 Å². The third kappa shape index (κ3) is 3.35. The van der Waals surface area contributed by atoms with Crippen LogP contribution in [0.25, 0.3) is 0 Å². The van der Waals surface area contributed by atoms with Gasteiger partial charge < -0.3 is 24.7 Å². The molecular formula is C15H16KN3O5S. The van der Waals surface area contributed by atoms with Crippen molar-refractivity contribution in [1.29, 1.82) is 0 Å². The van der Waals surface area contributed by atoms with Gasteiger partial charge in [-0.1, -0.05) is 0 Å². The van der Waals surface area contributed by atoms with Crippen molar-refractivity contribution in [1.82, 2.24) is 14.8 Å². The monoisotopic (exact) mass is 389 g/mol. The number of hydrogen-bond donors (Lipinski definition) is 1. The molecule has 1 aromatic heterocycles. The predicted octanol–water partition coefficient (Wildman–Crippen LogP) is -4.49. The smallest absolute Gasteiger partial charge is 0.548 e. The SMILES string of the molecule is Cn1cccc1C(=O)C(=O)N[C@@H]1C(=O)N2[C@@H]1SC(C)(C)[C@@H]2C(=O)[O-].[K+]. The summed E-state index contributed by atoms with van der Waals surface area (Å²) in [6.45, 7) is 3.41. The van der Waals surface area contributed by atoms with Gasteiger partial charge in [-0.05, 0) is 26.0 Å². The number of aliphatic carboxylic acids is 1. The number of rotatable bonds is 4. The number of aromatic nitrogens is 1. The number of carbonyl (C=O) groups excluding carboxylic acids is 4. The molecule has 0 radical (unpaired) electrons. The van der Waals surface area contributed by atoms with E-state index in [4.69, 9.17) is 0 Å². The van der Waals surface area contributed by atoms with Gasteiger partial charge in [-0.25, -0.2) is 0 Å². The van der Waals surface area contributed by atoms with Crippen LogP contribution in [-0.2, 0) is 21.4 Å². The predicted molar refractivity (Wildman–Crippen MR) is 82.8 cm³/mol. The topological polar surface area (TPSA) is 112 Å². The van der Waals surface area contributed by atoms with Crippen molar-refractivity contribution in [3.05, 3.63) is 24.0 Å². The van der Waals surface area contributed by atoms with Crippen molar-refractivity contribution in [3.8, 4) is 0 Å². The van der Waals surface area contributed by atoms with E-state index in [9.17, 15) is 24.3 Å². The van der Waals surface area contributed by atoms with Gasteiger partial charge in [0.05, 0.1) is 17.7 Å². The second kappa shape index (κ2) is 7.16. The number of nitrogens with zero attached hydrogens (tertiary/aromatic N) is 2. The number of carbonyl (C=O) groups is 4. The van der Waals surface area contributed by atoms with E-state index in [1.165, 1.54) is 27.3 Å². The molecule has 0 saturated carbocycles. The minimum Gasteiger partial charge on any atom is -0.548 e. The Morgan fingerprint density at radius 2 is 1.96 bits per heavy atom. The third-order valence-electron chi connectivity index (χ3n) is 4.33. The van der Waals surface area contributed by atoms with Gasteiger partial charge >= 0.3 is 51.4 Å². The van der Waals surface area contributed by atoms with E-state index in [0.717, 1.165) is 0 Å². The van der Waals surface area contributed by atoms with Crippen molar-refractivity contribution in [2.75, 3.05) is 0 Å². The molecule has 0 unspecified atom stereocenters. The number of aryl methyl sites for hydroxylation is 1. The molecule has 2 fully saturated rings. The second-order valence-electron chi connectivity index (χ2n) is 6.36. The number of fused-ring (bicyclic) bond motifs is 1. The molecule has 3 heterocycles. The maximum atomic E-state index is 12.2. The molecule has 1 N–H and O–H groups in total. The molecule has 2 aliphatic heterocycles.